The first-order valence-corrected chi connectivity index (χ1v) is 4.95. The fourth-order valence-electron chi connectivity index (χ4n) is 1.24. The van der Waals surface area contributed by atoms with Crippen LogP contribution in [0.2, 0.25) is 0 Å². The number of rotatable bonds is 3. The number of pyridine rings is 1. The molecule has 0 spiro atoms. The molecule has 2 N–H and O–H groups in total. The number of ether oxygens (including phenoxy) is 1. The lowest BCUT2D eigenvalue weighted by Crippen LogP contribution is -2.05. The number of anilines is 1. The topological polar surface area (TPSA) is 86.8 Å². The van der Waals surface area contributed by atoms with Gasteiger partial charge in [-0.2, -0.15) is 15.0 Å². The third-order valence-corrected chi connectivity index (χ3v) is 1.92. The second kappa shape index (κ2) is 4.69. The molecule has 0 aliphatic carbocycles. The van der Waals surface area contributed by atoms with Gasteiger partial charge in [0.05, 0.1) is 18.4 Å². The molecule has 0 amide bonds. The van der Waals surface area contributed by atoms with Crippen molar-refractivity contribution in [2.24, 2.45) is 0 Å². The van der Waals surface area contributed by atoms with Crippen molar-refractivity contribution in [1.29, 1.82) is 0 Å². The Morgan fingerprint density at radius 2 is 2.18 bits per heavy atom. The molecular weight excluding hydrogens is 225 g/mol. The Hall–Kier alpha value is -2.31. The van der Waals surface area contributed by atoms with E-state index in [0.29, 0.717) is 6.61 Å². The second-order valence-corrected chi connectivity index (χ2v) is 3.09. The Bertz CT molecular complexity index is 534. The summed E-state index contributed by atoms with van der Waals surface area (Å²) in [5.74, 6) is -0.420. The van der Waals surface area contributed by atoms with Crippen LogP contribution in [-0.2, 0) is 0 Å². The molecule has 2 aromatic heterocycles. The molecule has 2 rings (SSSR count). The van der Waals surface area contributed by atoms with E-state index in [2.05, 4.69) is 19.9 Å². The Kier molecular flexibility index (Phi) is 3.08. The summed E-state index contributed by atoms with van der Waals surface area (Å²) >= 11 is 0. The highest BCUT2D eigenvalue weighted by atomic mass is 19.1. The van der Waals surface area contributed by atoms with Crippen molar-refractivity contribution in [2.75, 3.05) is 12.3 Å². The summed E-state index contributed by atoms with van der Waals surface area (Å²) in [7, 11) is 0. The highest BCUT2D eigenvalue weighted by Gasteiger charge is 2.11. The highest BCUT2D eigenvalue weighted by Crippen LogP contribution is 2.19. The van der Waals surface area contributed by atoms with Crippen LogP contribution >= 0.6 is 0 Å². The van der Waals surface area contributed by atoms with Crippen molar-refractivity contribution in [3.63, 3.8) is 0 Å². The van der Waals surface area contributed by atoms with Crippen molar-refractivity contribution >= 4 is 5.95 Å². The van der Waals surface area contributed by atoms with E-state index < -0.39 is 5.82 Å². The molecule has 0 aliphatic rings. The van der Waals surface area contributed by atoms with Gasteiger partial charge in [-0.1, -0.05) is 0 Å². The van der Waals surface area contributed by atoms with Gasteiger partial charge in [-0.05, 0) is 13.0 Å². The number of hydrogen-bond acceptors (Lipinski definition) is 6. The predicted molar refractivity (Wildman–Crippen MR) is 58.6 cm³/mol. The molecule has 0 saturated carbocycles. The maximum absolute atomic E-state index is 13.5. The van der Waals surface area contributed by atoms with Crippen LogP contribution in [0.15, 0.2) is 18.5 Å². The standard InChI is InChI=1S/C10H10FN5O/c1-2-17-10-15-8(14-9(12)16-10)6-3-4-13-5-7(6)11/h3-5H,2H2,1H3,(H2,12,14,15,16). The maximum Gasteiger partial charge on any atom is 0.321 e. The van der Waals surface area contributed by atoms with Gasteiger partial charge in [0.15, 0.2) is 11.6 Å². The van der Waals surface area contributed by atoms with Gasteiger partial charge in [0.1, 0.15) is 0 Å². The summed E-state index contributed by atoms with van der Waals surface area (Å²) < 4.78 is 18.6. The molecule has 7 heteroatoms. The van der Waals surface area contributed by atoms with Gasteiger partial charge in [-0.3, -0.25) is 4.98 Å². The molecule has 0 radical (unpaired) electrons. The van der Waals surface area contributed by atoms with Crippen LogP contribution in [0.3, 0.4) is 0 Å². The summed E-state index contributed by atoms with van der Waals surface area (Å²) in [6.45, 7) is 2.17. The number of hydrogen-bond donors (Lipinski definition) is 1. The molecule has 0 unspecified atom stereocenters. The summed E-state index contributed by atoms with van der Waals surface area (Å²) in [5, 5.41) is 0. The zero-order chi connectivity index (χ0) is 12.3. The molecule has 6 nitrogen and oxygen atoms in total. The molecule has 0 atom stereocenters. The molecule has 0 saturated heterocycles. The van der Waals surface area contributed by atoms with Gasteiger partial charge in [-0.15, -0.1) is 0 Å². The molecule has 17 heavy (non-hydrogen) atoms. The predicted octanol–water partition coefficient (Wildman–Crippen LogP) is 1.05. The third-order valence-electron chi connectivity index (χ3n) is 1.92. The average Bonchev–Trinajstić information content (AvgIpc) is 2.29. The summed E-state index contributed by atoms with van der Waals surface area (Å²) in [6.07, 6.45) is 2.52. The summed E-state index contributed by atoms with van der Waals surface area (Å²) in [4.78, 5) is 15.2. The number of nitrogen functional groups attached to an aromatic ring is 1. The van der Waals surface area contributed by atoms with Crippen LogP contribution in [0.25, 0.3) is 11.4 Å². The lowest BCUT2D eigenvalue weighted by atomic mass is 10.2. The van der Waals surface area contributed by atoms with Crippen molar-refractivity contribution < 1.29 is 9.13 Å². The smallest absolute Gasteiger partial charge is 0.321 e. The molecule has 2 heterocycles. The van der Waals surface area contributed by atoms with E-state index in [1.54, 1.807) is 6.92 Å². The van der Waals surface area contributed by atoms with Gasteiger partial charge < -0.3 is 10.5 Å². The fourth-order valence-corrected chi connectivity index (χ4v) is 1.24. The van der Waals surface area contributed by atoms with Crippen LogP contribution in [0.5, 0.6) is 6.01 Å². The van der Waals surface area contributed by atoms with Crippen LogP contribution in [0.1, 0.15) is 6.92 Å². The molecule has 0 aliphatic heterocycles. The van der Waals surface area contributed by atoms with Gasteiger partial charge in [0.2, 0.25) is 5.95 Å². The fraction of sp³-hybridized carbons (Fsp3) is 0.200. The van der Waals surface area contributed by atoms with Gasteiger partial charge >= 0.3 is 6.01 Å². The number of halogens is 1. The van der Waals surface area contributed by atoms with Gasteiger partial charge in [0, 0.05) is 6.20 Å². The van der Waals surface area contributed by atoms with E-state index in [0.717, 1.165) is 6.20 Å². The van der Waals surface area contributed by atoms with E-state index in [9.17, 15) is 4.39 Å². The van der Waals surface area contributed by atoms with Gasteiger partial charge in [-0.25, -0.2) is 4.39 Å². The second-order valence-electron chi connectivity index (χ2n) is 3.09. The number of aromatic nitrogens is 4. The van der Waals surface area contributed by atoms with Crippen LogP contribution < -0.4 is 10.5 Å². The Balaban J connectivity index is 2.48. The number of nitrogens with two attached hydrogens (primary N) is 1. The summed E-state index contributed by atoms with van der Waals surface area (Å²) in [5.41, 5.74) is 5.70. The minimum atomic E-state index is -0.527. The molecular formula is C10H10FN5O. The maximum atomic E-state index is 13.5. The van der Waals surface area contributed by atoms with Crippen molar-refractivity contribution in [2.45, 2.75) is 6.92 Å². The van der Waals surface area contributed by atoms with Crippen molar-refractivity contribution in [3.8, 4) is 17.4 Å². The minimum absolute atomic E-state index is 0.0188. The minimum Gasteiger partial charge on any atom is -0.464 e. The Morgan fingerprint density at radius 1 is 1.35 bits per heavy atom. The Morgan fingerprint density at radius 3 is 2.88 bits per heavy atom. The zero-order valence-electron chi connectivity index (χ0n) is 9.09. The van der Waals surface area contributed by atoms with Gasteiger partial charge in [0.25, 0.3) is 0 Å². The van der Waals surface area contributed by atoms with E-state index >= 15 is 0 Å². The zero-order valence-corrected chi connectivity index (χ0v) is 9.09. The van der Waals surface area contributed by atoms with E-state index in [1.807, 2.05) is 0 Å². The molecule has 2 aromatic rings. The van der Waals surface area contributed by atoms with E-state index in [-0.39, 0.29) is 23.3 Å². The van der Waals surface area contributed by atoms with Crippen molar-refractivity contribution in [1.82, 2.24) is 19.9 Å². The molecule has 88 valence electrons. The third kappa shape index (κ3) is 2.44. The first-order valence-electron chi connectivity index (χ1n) is 4.95. The molecule has 0 fully saturated rings. The van der Waals surface area contributed by atoms with Crippen LogP contribution in [0.4, 0.5) is 10.3 Å². The Labute approximate surface area is 96.7 Å². The first kappa shape index (κ1) is 11.2. The quantitative estimate of drug-likeness (QED) is 0.855. The monoisotopic (exact) mass is 235 g/mol. The largest absolute Gasteiger partial charge is 0.464 e. The highest BCUT2D eigenvalue weighted by molar-refractivity contribution is 5.56. The first-order chi connectivity index (χ1) is 8.20. The van der Waals surface area contributed by atoms with Crippen LogP contribution in [0, 0.1) is 5.82 Å². The average molecular weight is 235 g/mol. The lowest BCUT2D eigenvalue weighted by molar-refractivity contribution is 0.312. The van der Waals surface area contributed by atoms with E-state index in [1.165, 1.54) is 12.3 Å². The normalized spacial score (nSPS) is 10.2. The van der Waals surface area contributed by atoms with Crippen LogP contribution in [-0.4, -0.2) is 26.5 Å². The van der Waals surface area contributed by atoms with E-state index in [4.69, 9.17) is 10.5 Å². The number of nitrogens with zero attached hydrogens (tertiary/aromatic N) is 4. The van der Waals surface area contributed by atoms with Crippen molar-refractivity contribution in [3.05, 3.63) is 24.3 Å². The lowest BCUT2D eigenvalue weighted by Gasteiger charge is -2.05. The molecule has 0 aromatic carbocycles. The summed E-state index contributed by atoms with van der Waals surface area (Å²) in [6, 6.07) is 1.53. The SMILES string of the molecule is CCOc1nc(N)nc(-c2ccncc2F)n1. The molecule has 0 bridgehead atoms.